The first kappa shape index (κ1) is 20.0. The maximum absolute atomic E-state index is 12.7. The molecule has 0 atom stereocenters. The van der Waals surface area contributed by atoms with Crippen LogP contribution in [-0.2, 0) is 13.1 Å². The van der Waals surface area contributed by atoms with Gasteiger partial charge in [0.15, 0.2) is 5.78 Å². The van der Waals surface area contributed by atoms with Crippen molar-refractivity contribution in [2.24, 2.45) is 0 Å². The summed E-state index contributed by atoms with van der Waals surface area (Å²) in [6, 6.07) is 9.04. The first-order valence-electron chi connectivity index (χ1n) is 8.19. The van der Waals surface area contributed by atoms with Crippen LogP contribution < -0.4 is 4.74 Å². The van der Waals surface area contributed by atoms with E-state index in [2.05, 4.69) is 0 Å². The highest BCUT2D eigenvalue weighted by molar-refractivity contribution is 5.99. The molecule has 26 heavy (non-hydrogen) atoms. The monoisotopic (exact) mass is 368 g/mol. The highest BCUT2D eigenvalue weighted by Gasteiger charge is 2.30. The summed E-state index contributed by atoms with van der Waals surface area (Å²) in [7, 11) is 3.39. The summed E-state index contributed by atoms with van der Waals surface area (Å²) in [6.45, 7) is 2.73. The minimum Gasteiger partial charge on any atom is -0.497 e. The van der Waals surface area contributed by atoms with Crippen LogP contribution in [0.15, 0.2) is 30.3 Å². The number of benzene rings is 1. The van der Waals surface area contributed by atoms with Crippen molar-refractivity contribution in [3.63, 3.8) is 0 Å². The van der Waals surface area contributed by atoms with Crippen LogP contribution in [0.25, 0.3) is 0 Å². The molecule has 0 aliphatic rings. The van der Waals surface area contributed by atoms with Gasteiger partial charge in [0.05, 0.1) is 13.7 Å². The van der Waals surface area contributed by atoms with E-state index in [-0.39, 0.29) is 12.3 Å². The molecule has 0 saturated carbocycles. The van der Waals surface area contributed by atoms with E-state index in [1.165, 1.54) is 6.07 Å². The average Bonchev–Trinajstić information content (AvgIpc) is 2.82. The minimum atomic E-state index is -4.32. The number of nitrogens with zero attached hydrogens (tertiary/aromatic N) is 2. The summed E-state index contributed by atoms with van der Waals surface area (Å²) in [4.78, 5) is 14.4. The Labute approximate surface area is 151 Å². The van der Waals surface area contributed by atoms with E-state index in [0.717, 1.165) is 15.9 Å². The van der Waals surface area contributed by atoms with Gasteiger partial charge < -0.3 is 9.30 Å². The maximum atomic E-state index is 12.7. The summed E-state index contributed by atoms with van der Waals surface area (Å²) < 4.78 is 44.3. The second-order valence-corrected chi connectivity index (χ2v) is 6.43. The lowest BCUT2D eigenvalue weighted by Crippen LogP contribution is -2.26. The van der Waals surface area contributed by atoms with Crippen LogP contribution in [0.4, 0.5) is 13.2 Å². The fourth-order valence-corrected chi connectivity index (χ4v) is 2.93. The number of alkyl halides is 3. The number of ketones is 1. The minimum absolute atomic E-state index is 0.127. The first-order valence-corrected chi connectivity index (χ1v) is 8.19. The Hall–Kier alpha value is -2.28. The second-order valence-electron chi connectivity index (χ2n) is 6.43. The van der Waals surface area contributed by atoms with Gasteiger partial charge in [0, 0.05) is 23.5 Å². The Balaban J connectivity index is 2.05. The molecule has 0 fully saturated rings. The van der Waals surface area contributed by atoms with E-state index < -0.39 is 12.7 Å². The summed E-state index contributed by atoms with van der Waals surface area (Å²) in [5.41, 5.74) is 2.14. The van der Waals surface area contributed by atoms with Gasteiger partial charge in [-0.2, -0.15) is 13.2 Å². The number of methoxy groups -OCH3 is 1. The van der Waals surface area contributed by atoms with Crippen LogP contribution >= 0.6 is 0 Å². The summed E-state index contributed by atoms with van der Waals surface area (Å²) >= 11 is 0. The van der Waals surface area contributed by atoms with Gasteiger partial charge in [0.2, 0.25) is 0 Å². The summed E-state index contributed by atoms with van der Waals surface area (Å²) in [5, 5.41) is 0. The Morgan fingerprint density at radius 3 is 2.35 bits per heavy atom. The van der Waals surface area contributed by atoms with Crippen molar-refractivity contribution in [2.75, 3.05) is 20.7 Å². The molecular formula is C19H23F3N2O2. The van der Waals surface area contributed by atoms with E-state index in [0.29, 0.717) is 23.5 Å². The number of hydrogen-bond acceptors (Lipinski definition) is 3. The van der Waals surface area contributed by atoms with Crippen molar-refractivity contribution in [1.82, 2.24) is 9.47 Å². The number of carbonyl (C=O) groups excluding carboxylic acids is 1. The number of likely N-dealkylation sites (N-methyl/N-ethyl adjacent to an activating group) is 1. The van der Waals surface area contributed by atoms with Gasteiger partial charge in [-0.05, 0) is 44.7 Å². The van der Waals surface area contributed by atoms with Gasteiger partial charge in [0.1, 0.15) is 12.3 Å². The Kier molecular flexibility index (Phi) is 6.13. The highest BCUT2D eigenvalue weighted by Crippen LogP contribution is 2.23. The normalized spacial score (nSPS) is 11.8. The highest BCUT2D eigenvalue weighted by atomic mass is 19.4. The Bertz CT molecular complexity index is 764. The number of hydrogen-bond donors (Lipinski definition) is 0. The van der Waals surface area contributed by atoms with Crippen LogP contribution in [0.2, 0.25) is 0 Å². The second kappa shape index (κ2) is 7.95. The fourth-order valence-electron chi connectivity index (χ4n) is 2.93. The Morgan fingerprint density at radius 2 is 1.81 bits per heavy atom. The molecule has 7 heteroatoms. The maximum Gasteiger partial charge on any atom is 0.406 e. The first-order chi connectivity index (χ1) is 12.1. The quantitative estimate of drug-likeness (QED) is 0.693. The molecule has 1 aromatic carbocycles. The van der Waals surface area contributed by atoms with Crippen molar-refractivity contribution in [2.45, 2.75) is 33.1 Å². The molecule has 0 aliphatic carbocycles. The molecule has 0 bridgehead atoms. The lowest BCUT2D eigenvalue weighted by atomic mass is 10.1. The topological polar surface area (TPSA) is 34.5 Å². The number of rotatable bonds is 7. The molecule has 0 N–H and O–H groups in total. The van der Waals surface area contributed by atoms with Crippen LogP contribution in [-0.4, -0.2) is 42.1 Å². The van der Waals surface area contributed by atoms with Gasteiger partial charge in [-0.1, -0.05) is 12.1 Å². The van der Waals surface area contributed by atoms with E-state index in [4.69, 9.17) is 4.74 Å². The number of Topliss-reactive ketones (excluding diaryl/α,β-unsaturated/α-hetero) is 1. The third-order valence-electron chi connectivity index (χ3n) is 4.24. The number of carbonyl (C=O) groups is 1. The van der Waals surface area contributed by atoms with Crippen LogP contribution in [0.3, 0.4) is 0 Å². The molecule has 2 aromatic rings. The molecule has 0 amide bonds. The molecule has 4 nitrogen and oxygen atoms in total. The van der Waals surface area contributed by atoms with Gasteiger partial charge in [-0.25, -0.2) is 0 Å². The zero-order valence-corrected chi connectivity index (χ0v) is 15.4. The molecular weight excluding hydrogens is 345 g/mol. The molecule has 0 spiro atoms. The van der Waals surface area contributed by atoms with E-state index in [1.54, 1.807) is 28.0 Å². The van der Waals surface area contributed by atoms with Crippen molar-refractivity contribution < 1.29 is 22.7 Å². The average molecular weight is 368 g/mol. The largest absolute Gasteiger partial charge is 0.497 e. The van der Waals surface area contributed by atoms with Gasteiger partial charge >= 0.3 is 6.18 Å². The predicted octanol–water partition coefficient (Wildman–Crippen LogP) is 3.99. The van der Waals surface area contributed by atoms with Gasteiger partial charge in [-0.15, -0.1) is 0 Å². The molecule has 2 rings (SSSR count). The standard InChI is InChI=1S/C19H23F3N2O2/c1-13-9-17(14(2)24(13)12-19(20,21)22)18(25)11-23(3)10-15-5-7-16(26-4)8-6-15/h5-9H,10-12H2,1-4H3. The van der Waals surface area contributed by atoms with Gasteiger partial charge in [-0.3, -0.25) is 9.69 Å². The lowest BCUT2D eigenvalue weighted by Gasteiger charge is -2.16. The number of ether oxygens (including phenoxy) is 1. The van der Waals surface area contributed by atoms with Crippen molar-refractivity contribution >= 4 is 5.78 Å². The molecule has 0 unspecified atom stereocenters. The SMILES string of the molecule is COc1ccc(CN(C)CC(=O)c2cc(C)n(CC(F)(F)F)c2C)cc1. The third-order valence-corrected chi connectivity index (χ3v) is 4.24. The molecule has 0 saturated heterocycles. The molecule has 142 valence electrons. The molecule has 0 radical (unpaired) electrons. The van der Waals surface area contributed by atoms with E-state index >= 15 is 0 Å². The van der Waals surface area contributed by atoms with Crippen molar-refractivity contribution in [3.05, 3.63) is 52.8 Å². The van der Waals surface area contributed by atoms with Crippen LogP contribution in [0.1, 0.15) is 27.3 Å². The summed E-state index contributed by atoms with van der Waals surface area (Å²) in [5.74, 6) is 0.562. The zero-order chi connectivity index (χ0) is 19.5. The lowest BCUT2D eigenvalue weighted by molar-refractivity contribution is -0.141. The zero-order valence-electron chi connectivity index (χ0n) is 15.4. The van der Waals surface area contributed by atoms with Crippen molar-refractivity contribution in [1.29, 1.82) is 0 Å². The fraction of sp³-hybridized carbons (Fsp3) is 0.421. The van der Waals surface area contributed by atoms with Gasteiger partial charge in [0.25, 0.3) is 0 Å². The third kappa shape index (κ3) is 5.11. The van der Waals surface area contributed by atoms with Crippen molar-refractivity contribution in [3.8, 4) is 5.75 Å². The molecule has 1 heterocycles. The number of halogens is 3. The Morgan fingerprint density at radius 1 is 1.19 bits per heavy atom. The van der Waals surface area contributed by atoms with E-state index in [9.17, 15) is 18.0 Å². The smallest absolute Gasteiger partial charge is 0.406 e. The van der Waals surface area contributed by atoms with Crippen LogP contribution in [0, 0.1) is 13.8 Å². The molecule has 1 aromatic heterocycles. The predicted molar refractivity (Wildman–Crippen MR) is 93.6 cm³/mol. The van der Waals surface area contributed by atoms with Crippen LogP contribution in [0.5, 0.6) is 5.75 Å². The molecule has 0 aliphatic heterocycles. The summed E-state index contributed by atoms with van der Waals surface area (Å²) in [6.07, 6.45) is -4.32. The number of aryl methyl sites for hydroxylation is 1. The van der Waals surface area contributed by atoms with E-state index in [1.807, 2.05) is 29.2 Å². The number of aromatic nitrogens is 1.